The minimum absolute atomic E-state index is 0.0210. The number of nitrogen functional groups attached to an aromatic ring is 1. The maximum atomic E-state index is 13.9. The summed E-state index contributed by atoms with van der Waals surface area (Å²) in [7, 11) is 0. The number of para-hydroxylation sites is 1. The first-order valence-electron chi connectivity index (χ1n) is 5.77. The van der Waals surface area contributed by atoms with Crippen molar-refractivity contribution < 1.29 is 4.39 Å². The summed E-state index contributed by atoms with van der Waals surface area (Å²) in [5.74, 6) is -0.703. The predicted octanol–water partition coefficient (Wildman–Crippen LogP) is 2.28. The molecule has 0 aliphatic heterocycles. The highest BCUT2D eigenvalue weighted by Gasteiger charge is 2.15. The van der Waals surface area contributed by atoms with E-state index in [4.69, 9.17) is 5.73 Å². The Bertz CT molecular complexity index is 854. The smallest absolute Gasteiger partial charge is 0.220 e. The van der Waals surface area contributed by atoms with E-state index in [-0.39, 0.29) is 17.3 Å². The Hall–Kier alpha value is -3.07. The Labute approximate surface area is 113 Å². The summed E-state index contributed by atoms with van der Waals surface area (Å²) in [5, 5.41) is 9.98. The van der Waals surface area contributed by atoms with Gasteiger partial charge < -0.3 is 5.73 Å². The van der Waals surface area contributed by atoms with Crippen molar-refractivity contribution >= 4 is 16.9 Å². The molecule has 0 fully saturated rings. The summed E-state index contributed by atoms with van der Waals surface area (Å²) in [5.41, 5.74) is 6.52. The lowest BCUT2D eigenvalue weighted by molar-refractivity contribution is 0.619. The molecule has 2 heterocycles. The van der Waals surface area contributed by atoms with Crippen LogP contribution in [0, 0.1) is 17.1 Å². The lowest BCUT2D eigenvalue weighted by Gasteiger charge is -2.06. The van der Waals surface area contributed by atoms with Crippen LogP contribution < -0.4 is 5.73 Å². The van der Waals surface area contributed by atoms with Crippen molar-refractivity contribution in [3.8, 4) is 17.3 Å². The number of anilines is 1. The average Bonchev–Trinajstić information content (AvgIpc) is 2.48. The van der Waals surface area contributed by atoms with Crippen molar-refractivity contribution in [2.75, 3.05) is 5.73 Å². The third-order valence-corrected chi connectivity index (χ3v) is 2.85. The molecule has 0 spiro atoms. The predicted molar refractivity (Wildman–Crippen MR) is 71.9 cm³/mol. The molecule has 0 unspecified atom stereocenters. The number of aromatic nitrogens is 3. The average molecular weight is 265 g/mol. The van der Waals surface area contributed by atoms with Gasteiger partial charge in [0, 0.05) is 10.9 Å². The van der Waals surface area contributed by atoms with E-state index in [2.05, 4.69) is 15.0 Å². The second kappa shape index (κ2) is 4.55. The molecule has 1 aromatic carbocycles. The molecule has 2 N–H and O–H groups in total. The Morgan fingerprint density at radius 2 is 2.00 bits per heavy atom. The molecule has 3 aromatic rings. The highest BCUT2D eigenvalue weighted by molar-refractivity contribution is 5.85. The van der Waals surface area contributed by atoms with E-state index in [1.807, 2.05) is 24.3 Å². The summed E-state index contributed by atoms with van der Waals surface area (Å²) in [6.07, 6.45) is 0.980. The standard InChI is InChI=1S/C14H8FN5/c15-10-7-18-14(17)20-13(10)9-5-8-3-1-2-4-11(8)19-12(9)6-16/h1-5,7H,(H2,17,18,20). The molecule has 0 radical (unpaired) electrons. The highest BCUT2D eigenvalue weighted by Crippen LogP contribution is 2.26. The van der Waals surface area contributed by atoms with Gasteiger partial charge in [-0.15, -0.1) is 0 Å². The zero-order valence-corrected chi connectivity index (χ0v) is 10.2. The molecule has 0 aliphatic rings. The Morgan fingerprint density at radius 1 is 1.20 bits per heavy atom. The molecule has 0 atom stereocenters. The highest BCUT2D eigenvalue weighted by atomic mass is 19.1. The van der Waals surface area contributed by atoms with E-state index in [1.54, 1.807) is 12.1 Å². The van der Waals surface area contributed by atoms with Gasteiger partial charge in [-0.1, -0.05) is 18.2 Å². The van der Waals surface area contributed by atoms with Crippen LogP contribution >= 0.6 is 0 Å². The number of nitrogens with zero attached hydrogens (tertiary/aromatic N) is 4. The largest absolute Gasteiger partial charge is 0.368 e. The minimum Gasteiger partial charge on any atom is -0.368 e. The Balaban J connectivity index is 2.35. The first kappa shape index (κ1) is 12.0. The zero-order valence-electron chi connectivity index (χ0n) is 10.2. The SMILES string of the molecule is N#Cc1nc2ccccc2cc1-c1nc(N)ncc1F. The van der Waals surface area contributed by atoms with Crippen molar-refractivity contribution in [1.29, 1.82) is 5.26 Å². The summed E-state index contributed by atoms with van der Waals surface area (Å²) < 4.78 is 13.9. The van der Waals surface area contributed by atoms with E-state index in [1.165, 1.54) is 0 Å². The summed E-state index contributed by atoms with van der Waals surface area (Å²) >= 11 is 0. The van der Waals surface area contributed by atoms with Crippen molar-refractivity contribution in [2.24, 2.45) is 0 Å². The molecular weight excluding hydrogens is 257 g/mol. The first-order valence-corrected chi connectivity index (χ1v) is 5.77. The molecule has 0 bridgehead atoms. The first-order chi connectivity index (χ1) is 9.69. The molecule has 20 heavy (non-hydrogen) atoms. The van der Waals surface area contributed by atoms with Gasteiger partial charge >= 0.3 is 0 Å². The maximum absolute atomic E-state index is 13.9. The van der Waals surface area contributed by atoms with Crippen molar-refractivity contribution in [3.63, 3.8) is 0 Å². The number of hydrogen-bond donors (Lipinski definition) is 1. The molecule has 0 saturated heterocycles. The lowest BCUT2D eigenvalue weighted by Crippen LogP contribution is -2.01. The van der Waals surface area contributed by atoms with E-state index in [0.29, 0.717) is 11.1 Å². The Kier molecular flexibility index (Phi) is 2.73. The second-order valence-electron chi connectivity index (χ2n) is 4.11. The quantitative estimate of drug-likeness (QED) is 0.729. The molecule has 6 heteroatoms. The van der Waals surface area contributed by atoms with Gasteiger partial charge in [-0.25, -0.2) is 19.3 Å². The summed E-state index contributed by atoms with van der Waals surface area (Å²) in [4.78, 5) is 11.6. The molecule has 0 saturated carbocycles. The second-order valence-corrected chi connectivity index (χ2v) is 4.11. The van der Waals surface area contributed by atoms with Crippen LogP contribution in [0.25, 0.3) is 22.2 Å². The number of fused-ring (bicyclic) bond motifs is 1. The van der Waals surface area contributed by atoms with Crippen LogP contribution in [0.15, 0.2) is 36.5 Å². The topological polar surface area (TPSA) is 88.5 Å². The maximum Gasteiger partial charge on any atom is 0.220 e. The van der Waals surface area contributed by atoms with Gasteiger partial charge in [0.25, 0.3) is 0 Å². The van der Waals surface area contributed by atoms with E-state index >= 15 is 0 Å². The fourth-order valence-corrected chi connectivity index (χ4v) is 1.95. The number of nitriles is 1. The summed E-state index contributed by atoms with van der Waals surface area (Å²) in [6, 6.07) is 10.9. The van der Waals surface area contributed by atoms with Gasteiger partial charge in [0.1, 0.15) is 11.8 Å². The molecule has 96 valence electrons. The normalized spacial score (nSPS) is 10.4. The van der Waals surface area contributed by atoms with Crippen LogP contribution in [0.2, 0.25) is 0 Å². The van der Waals surface area contributed by atoms with E-state index < -0.39 is 5.82 Å². The van der Waals surface area contributed by atoms with Gasteiger partial charge in [0.15, 0.2) is 11.5 Å². The fraction of sp³-hybridized carbons (Fsp3) is 0. The third kappa shape index (κ3) is 1.91. The molecule has 0 amide bonds. The van der Waals surface area contributed by atoms with Gasteiger partial charge in [0.2, 0.25) is 5.95 Å². The molecule has 5 nitrogen and oxygen atoms in total. The van der Waals surface area contributed by atoms with Crippen LogP contribution in [0.3, 0.4) is 0 Å². The Morgan fingerprint density at radius 3 is 2.80 bits per heavy atom. The molecule has 3 rings (SSSR count). The van der Waals surface area contributed by atoms with Crippen LogP contribution in [-0.4, -0.2) is 15.0 Å². The van der Waals surface area contributed by atoms with Gasteiger partial charge in [-0.05, 0) is 12.1 Å². The fourth-order valence-electron chi connectivity index (χ4n) is 1.95. The van der Waals surface area contributed by atoms with Gasteiger partial charge in [0.05, 0.1) is 11.7 Å². The van der Waals surface area contributed by atoms with Crippen LogP contribution in [0.4, 0.5) is 10.3 Å². The van der Waals surface area contributed by atoms with E-state index in [0.717, 1.165) is 11.6 Å². The van der Waals surface area contributed by atoms with Crippen molar-refractivity contribution in [3.05, 3.63) is 48.0 Å². The van der Waals surface area contributed by atoms with Crippen LogP contribution in [0.1, 0.15) is 5.69 Å². The number of nitrogens with two attached hydrogens (primary N) is 1. The number of hydrogen-bond acceptors (Lipinski definition) is 5. The van der Waals surface area contributed by atoms with E-state index in [9.17, 15) is 9.65 Å². The number of rotatable bonds is 1. The molecule has 0 aliphatic carbocycles. The minimum atomic E-state index is -0.646. The number of halogens is 1. The molecule has 2 aromatic heterocycles. The third-order valence-electron chi connectivity index (χ3n) is 2.85. The lowest BCUT2D eigenvalue weighted by atomic mass is 10.1. The monoisotopic (exact) mass is 265 g/mol. The van der Waals surface area contributed by atoms with Gasteiger partial charge in [-0.3, -0.25) is 0 Å². The van der Waals surface area contributed by atoms with Crippen LogP contribution in [0.5, 0.6) is 0 Å². The van der Waals surface area contributed by atoms with Crippen LogP contribution in [-0.2, 0) is 0 Å². The number of benzene rings is 1. The van der Waals surface area contributed by atoms with Crippen molar-refractivity contribution in [1.82, 2.24) is 15.0 Å². The van der Waals surface area contributed by atoms with Crippen molar-refractivity contribution in [2.45, 2.75) is 0 Å². The molecular formula is C14H8FN5. The zero-order chi connectivity index (χ0) is 14.1. The number of pyridine rings is 1. The van der Waals surface area contributed by atoms with Gasteiger partial charge in [-0.2, -0.15) is 5.26 Å². The summed E-state index contributed by atoms with van der Waals surface area (Å²) in [6.45, 7) is 0.